The summed E-state index contributed by atoms with van der Waals surface area (Å²) in [6.07, 6.45) is 1.53. The Morgan fingerprint density at radius 3 is 2.31 bits per heavy atom. The SMILES string of the molecule is Cc1nc(N2C[C@H]3CN(C(=O)n4c(-c5ncccc5F)cc5ccccc54)C[C@H]3C2)nc(C)c1F. The molecule has 2 fully saturated rings. The van der Waals surface area contributed by atoms with Gasteiger partial charge in [0.1, 0.15) is 5.69 Å². The molecule has 5 heterocycles. The minimum absolute atomic E-state index is 0.154. The van der Waals surface area contributed by atoms with Crippen LogP contribution in [-0.4, -0.2) is 56.6 Å². The molecule has 0 spiro atoms. The van der Waals surface area contributed by atoms with Gasteiger partial charge in [0.25, 0.3) is 0 Å². The summed E-state index contributed by atoms with van der Waals surface area (Å²) in [5, 5.41) is 0.852. The van der Waals surface area contributed by atoms with Crippen molar-refractivity contribution in [3.8, 4) is 11.4 Å². The summed E-state index contributed by atoms with van der Waals surface area (Å²) in [5.41, 5.74) is 2.01. The van der Waals surface area contributed by atoms with Crippen LogP contribution in [0.1, 0.15) is 11.4 Å². The number of rotatable bonds is 2. The number of carbonyl (C=O) groups is 1. The summed E-state index contributed by atoms with van der Waals surface area (Å²) in [5.74, 6) is 0.209. The molecule has 0 radical (unpaired) electrons. The number of nitrogens with zero attached hydrogens (tertiary/aromatic N) is 6. The molecule has 4 aromatic rings. The summed E-state index contributed by atoms with van der Waals surface area (Å²) in [4.78, 5) is 30.6. The zero-order valence-corrected chi connectivity index (χ0v) is 19.4. The van der Waals surface area contributed by atoms with E-state index in [1.165, 1.54) is 18.3 Å². The molecule has 0 aliphatic carbocycles. The van der Waals surface area contributed by atoms with Crippen LogP contribution in [0, 0.1) is 37.3 Å². The predicted octanol–water partition coefficient (Wildman–Crippen LogP) is 4.42. The van der Waals surface area contributed by atoms with Crippen molar-refractivity contribution in [3.63, 3.8) is 0 Å². The third kappa shape index (κ3) is 3.53. The monoisotopic (exact) mass is 474 g/mol. The van der Waals surface area contributed by atoms with Crippen molar-refractivity contribution in [2.45, 2.75) is 13.8 Å². The average Bonchev–Trinajstić information content (AvgIpc) is 3.53. The molecule has 6 rings (SSSR count). The lowest BCUT2D eigenvalue weighted by Gasteiger charge is -2.23. The first kappa shape index (κ1) is 21.6. The topological polar surface area (TPSA) is 67.2 Å². The highest BCUT2D eigenvalue weighted by Gasteiger charge is 2.43. The zero-order valence-electron chi connectivity index (χ0n) is 19.4. The Morgan fingerprint density at radius 2 is 1.63 bits per heavy atom. The first-order valence-electron chi connectivity index (χ1n) is 11.7. The molecule has 0 saturated carbocycles. The van der Waals surface area contributed by atoms with E-state index in [1.54, 1.807) is 18.4 Å². The van der Waals surface area contributed by atoms with Gasteiger partial charge in [-0.05, 0) is 38.1 Å². The second-order valence-corrected chi connectivity index (χ2v) is 9.38. The third-order valence-corrected chi connectivity index (χ3v) is 7.11. The van der Waals surface area contributed by atoms with Gasteiger partial charge in [0, 0.05) is 49.6 Å². The number of benzene rings is 1. The molecule has 178 valence electrons. The number of amides is 1. The zero-order chi connectivity index (χ0) is 24.3. The molecule has 35 heavy (non-hydrogen) atoms. The standard InChI is InChI=1S/C26H24F2N6O/c1-15-23(28)16(2)31-25(30-15)32-11-18-13-33(14-19(18)12-32)26(35)34-21-8-4-3-6-17(21)10-22(34)24-20(27)7-5-9-29-24/h3-10,18-19H,11-14H2,1-2H3/t18-,19+. The van der Waals surface area contributed by atoms with Gasteiger partial charge in [-0.15, -0.1) is 0 Å². The van der Waals surface area contributed by atoms with Crippen LogP contribution in [0.3, 0.4) is 0 Å². The Hall–Kier alpha value is -3.88. The second kappa shape index (κ2) is 8.11. The van der Waals surface area contributed by atoms with Crippen molar-refractivity contribution in [3.05, 3.63) is 71.7 Å². The summed E-state index contributed by atoms with van der Waals surface area (Å²) >= 11 is 0. The molecule has 2 saturated heterocycles. The Bertz CT molecular complexity index is 1430. The maximum Gasteiger partial charge on any atom is 0.329 e. The number of aryl methyl sites for hydroxylation is 2. The summed E-state index contributed by atoms with van der Waals surface area (Å²) in [6.45, 7) is 5.86. The first-order valence-corrected chi connectivity index (χ1v) is 11.7. The smallest absolute Gasteiger partial charge is 0.329 e. The van der Waals surface area contributed by atoms with Gasteiger partial charge in [0.2, 0.25) is 5.95 Å². The van der Waals surface area contributed by atoms with Gasteiger partial charge >= 0.3 is 6.03 Å². The highest BCUT2D eigenvalue weighted by Crippen LogP contribution is 2.35. The fourth-order valence-electron chi connectivity index (χ4n) is 5.39. The van der Waals surface area contributed by atoms with Crippen molar-refractivity contribution in [2.75, 3.05) is 31.1 Å². The van der Waals surface area contributed by atoms with Crippen molar-refractivity contribution in [1.82, 2.24) is 24.4 Å². The Morgan fingerprint density at radius 1 is 0.943 bits per heavy atom. The third-order valence-electron chi connectivity index (χ3n) is 7.11. The maximum atomic E-state index is 14.7. The number of aromatic nitrogens is 4. The van der Waals surface area contributed by atoms with Crippen LogP contribution < -0.4 is 4.90 Å². The van der Waals surface area contributed by atoms with Crippen LogP contribution in [-0.2, 0) is 0 Å². The Kier molecular flexibility index (Phi) is 5.01. The highest BCUT2D eigenvalue weighted by atomic mass is 19.1. The lowest BCUT2D eigenvalue weighted by Crippen LogP contribution is -2.36. The van der Waals surface area contributed by atoms with Crippen LogP contribution >= 0.6 is 0 Å². The van der Waals surface area contributed by atoms with Crippen LogP contribution in [0.2, 0.25) is 0 Å². The minimum atomic E-state index is -0.469. The van der Waals surface area contributed by atoms with Crippen molar-refractivity contribution in [2.24, 2.45) is 11.8 Å². The summed E-state index contributed by atoms with van der Waals surface area (Å²) in [7, 11) is 0. The largest absolute Gasteiger partial charge is 0.340 e. The summed E-state index contributed by atoms with van der Waals surface area (Å²) < 4.78 is 30.2. The van der Waals surface area contributed by atoms with Gasteiger partial charge < -0.3 is 9.80 Å². The van der Waals surface area contributed by atoms with Gasteiger partial charge in [0.05, 0.1) is 22.6 Å². The fraction of sp³-hybridized carbons (Fsp3) is 0.308. The fourth-order valence-corrected chi connectivity index (χ4v) is 5.39. The van der Waals surface area contributed by atoms with Gasteiger partial charge in [-0.1, -0.05) is 18.2 Å². The molecule has 2 aliphatic rings. The van der Waals surface area contributed by atoms with E-state index in [0.29, 0.717) is 49.2 Å². The molecular weight excluding hydrogens is 450 g/mol. The quantitative estimate of drug-likeness (QED) is 0.430. The molecule has 0 N–H and O–H groups in total. The van der Waals surface area contributed by atoms with Crippen LogP contribution in [0.25, 0.3) is 22.3 Å². The van der Waals surface area contributed by atoms with Crippen LogP contribution in [0.4, 0.5) is 19.5 Å². The van der Waals surface area contributed by atoms with E-state index in [-0.39, 0.29) is 29.4 Å². The van der Waals surface area contributed by atoms with E-state index >= 15 is 0 Å². The van der Waals surface area contributed by atoms with Crippen molar-refractivity contribution >= 4 is 22.9 Å². The van der Waals surface area contributed by atoms with Gasteiger partial charge in [-0.25, -0.2) is 23.5 Å². The summed E-state index contributed by atoms with van der Waals surface area (Å²) in [6, 6.07) is 12.1. The molecule has 7 nitrogen and oxygen atoms in total. The lowest BCUT2D eigenvalue weighted by atomic mass is 10.0. The van der Waals surface area contributed by atoms with E-state index in [2.05, 4.69) is 19.9 Å². The molecule has 1 aromatic carbocycles. The molecule has 3 aromatic heterocycles. The number of halogens is 2. The molecule has 1 amide bonds. The molecule has 2 atom stereocenters. The number of fused-ring (bicyclic) bond motifs is 2. The average molecular weight is 475 g/mol. The van der Waals surface area contributed by atoms with Crippen molar-refractivity contribution < 1.29 is 13.6 Å². The number of hydrogen-bond donors (Lipinski definition) is 0. The normalized spacial score (nSPS) is 19.5. The molecule has 2 aliphatic heterocycles. The number of pyridine rings is 1. The van der Waals surface area contributed by atoms with Gasteiger partial charge in [0.15, 0.2) is 11.6 Å². The number of likely N-dealkylation sites (tertiary alicyclic amines) is 1. The molecule has 0 unspecified atom stereocenters. The minimum Gasteiger partial charge on any atom is -0.340 e. The lowest BCUT2D eigenvalue weighted by molar-refractivity contribution is 0.209. The van der Waals surface area contributed by atoms with E-state index in [4.69, 9.17) is 0 Å². The Labute approximate surface area is 201 Å². The highest BCUT2D eigenvalue weighted by molar-refractivity contribution is 5.97. The van der Waals surface area contributed by atoms with Gasteiger partial charge in [-0.3, -0.25) is 9.55 Å². The number of hydrogen-bond acceptors (Lipinski definition) is 5. The van der Waals surface area contributed by atoms with E-state index in [0.717, 1.165) is 10.9 Å². The molecule has 9 heteroatoms. The van der Waals surface area contributed by atoms with E-state index in [9.17, 15) is 13.6 Å². The van der Waals surface area contributed by atoms with E-state index in [1.807, 2.05) is 35.2 Å². The van der Waals surface area contributed by atoms with Crippen LogP contribution in [0.5, 0.6) is 0 Å². The van der Waals surface area contributed by atoms with Gasteiger partial charge in [-0.2, -0.15) is 0 Å². The first-order chi connectivity index (χ1) is 16.9. The van der Waals surface area contributed by atoms with Crippen LogP contribution in [0.15, 0.2) is 48.7 Å². The number of para-hydroxylation sites is 1. The second-order valence-electron chi connectivity index (χ2n) is 9.38. The molecular formula is C26H24F2N6O. The predicted molar refractivity (Wildman–Crippen MR) is 128 cm³/mol. The molecule has 0 bridgehead atoms. The Balaban J connectivity index is 1.28. The number of anilines is 1. The number of carbonyl (C=O) groups excluding carboxylic acids is 1. The van der Waals surface area contributed by atoms with E-state index < -0.39 is 5.82 Å². The maximum absolute atomic E-state index is 14.7. The van der Waals surface area contributed by atoms with Crippen molar-refractivity contribution in [1.29, 1.82) is 0 Å².